The second kappa shape index (κ2) is 12.1. The molecule has 0 N–H and O–H groups in total. The van der Waals surface area contributed by atoms with E-state index in [0.29, 0.717) is 47.2 Å². The lowest BCUT2D eigenvalue weighted by Crippen LogP contribution is -2.30. The van der Waals surface area contributed by atoms with Crippen molar-refractivity contribution in [1.82, 2.24) is 14.5 Å². The van der Waals surface area contributed by atoms with Crippen LogP contribution in [0.2, 0.25) is 0 Å². The number of nitro groups is 1. The summed E-state index contributed by atoms with van der Waals surface area (Å²) in [7, 11) is 3.16. The molecule has 0 bridgehead atoms. The molecule has 0 aliphatic heterocycles. The molecule has 0 aliphatic carbocycles. The minimum absolute atomic E-state index is 0. The molecule has 0 fully saturated rings. The van der Waals surface area contributed by atoms with Crippen molar-refractivity contribution in [3.63, 3.8) is 0 Å². The number of aryl methyl sites for hydroxylation is 1. The van der Waals surface area contributed by atoms with Crippen LogP contribution in [0.5, 0.6) is 11.5 Å². The molecule has 2 aromatic carbocycles. The third-order valence-corrected chi connectivity index (χ3v) is 6.37. The molecule has 4 rings (SSSR count). The summed E-state index contributed by atoms with van der Waals surface area (Å²) in [5, 5.41) is 11.4. The van der Waals surface area contributed by atoms with Crippen LogP contribution in [0, 0.1) is 10.1 Å². The molecule has 12 heteroatoms. The van der Waals surface area contributed by atoms with Gasteiger partial charge < -0.3 is 14.0 Å². The summed E-state index contributed by atoms with van der Waals surface area (Å²) in [6.07, 6.45) is 9.06. The average Bonchev–Trinajstić information content (AvgIpc) is 3.55. The number of fused-ring (bicyclic) bond motifs is 1. The number of benzene rings is 2. The summed E-state index contributed by atoms with van der Waals surface area (Å²) in [4.78, 5) is 34.1. The highest BCUT2D eigenvalue weighted by atomic mass is 35.5. The van der Waals surface area contributed by atoms with Crippen LogP contribution in [-0.4, -0.2) is 46.1 Å². The van der Waals surface area contributed by atoms with Crippen LogP contribution in [0.4, 0.5) is 10.8 Å². The molecular formula is C24H24ClN5O5S. The Balaban J connectivity index is 0.00000361. The van der Waals surface area contributed by atoms with Crippen molar-refractivity contribution < 1.29 is 19.2 Å². The first-order chi connectivity index (χ1) is 17.0. The van der Waals surface area contributed by atoms with Gasteiger partial charge in [-0.1, -0.05) is 11.3 Å². The van der Waals surface area contributed by atoms with E-state index in [0.717, 1.165) is 4.70 Å². The molecular weight excluding hydrogens is 506 g/mol. The number of carbonyl (C=O) groups excluding carboxylic acids is 1. The van der Waals surface area contributed by atoms with E-state index in [9.17, 15) is 14.9 Å². The zero-order valence-electron chi connectivity index (χ0n) is 19.6. The van der Waals surface area contributed by atoms with Crippen molar-refractivity contribution in [3.8, 4) is 11.5 Å². The van der Waals surface area contributed by atoms with Gasteiger partial charge in [0.25, 0.3) is 11.6 Å². The number of methoxy groups -OCH3 is 2. The third-order valence-electron chi connectivity index (χ3n) is 5.28. The normalized spacial score (nSPS) is 10.8. The molecule has 0 spiro atoms. The number of nitrogens with zero attached hydrogens (tertiary/aromatic N) is 5. The lowest BCUT2D eigenvalue weighted by Gasteiger charge is -2.18. The number of hydrogen-bond donors (Lipinski definition) is 0. The van der Waals surface area contributed by atoms with Crippen molar-refractivity contribution in [2.24, 2.45) is 0 Å². The van der Waals surface area contributed by atoms with Gasteiger partial charge in [0.1, 0.15) is 21.7 Å². The highest BCUT2D eigenvalue weighted by Crippen LogP contribution is 2.40. The highest BCUT2D eigenvalue weighted by Gasteiger charge is 2.21. The van der Waals surface area contributed by atoms with Gasteiger partial charge in [0, 0.05) is 43.7 Å². The Labute approximate surface area is 217 Å². The molecule has 10 nitrogen and oxygen atoms in total. The first kappa shape index (κ1) is 26.6. The number of nitro benzene ring substituents is 1. The number of anilines is 1. The van der Waals surface area contributed by atoms with Gasteiger partial charge in [-0.3, -0.25) is 19.8 Å². The SMILES string of the molecule is COc1ccc(OC)c2sc(N(CCCn3ccnc3)C(=O)/C=C/c3ccc([N+](=O)[O-])cc3)nc12.Cl. The van der Waals surface area contributed by atoms with Gasteiger partial charge in [-0.2, -0.15) is 0 Å². The van der Waals surface area contributed by atoms with Gasteiger partial charge >= 0.3 is 0 Å². The summed E-state index contributed by atoms with van der Waals surface area (Å²) in [6, 6.07) is 9.59. The van der Waals surface area contributed by atoms with E-state index < -0.39 is 4.92 Å². The topological polar surface area (TPSA) is 113 Å². The lowest BCUT2D eigenvalue weighted by atomic mass is 10.2. The number of ether oxygens (including phenoxy) is 2. The average molecular weight is 530 g/mol. The third kappa shape index (κ3) is 5.99. The monoisotopic (exact) mass is 529 g/mol. The Morgan fingerprint density at radius 3 is 2.53 bits per heavy atom. The predicted molar refractivity (Wildman–Crippen MR) is 141 cm³/mol. The predicted octanol–water partition coefficient (Wildman–Crippen LogP) is 4.98. The Kier molecular flexibility index (Phi) is 8.98. The van der Waals surface area contributed by atoms with Gasteiger partial charge in [-0.15, -0.1) is 12.4 Å². The van der Waals surface area contributed by atoms with E-state index in [4.69, 9.17) is 14.5 Å². The first-order valence-corrected chi connectivity index (χ1v) is 11.5. The number of thiazole rings is 1. The van der Waals surface area contributed by atoms with Gasteiger partial charge in [-0.05, 0) is 42.3 Å². The second-order valence-electron chi connectivity index (χ2n) is 7.47. The molecule has 2 aromatic heterocycles. The molecule has 0 saturated carbocycles. The Morgan fingerprint density at radius 2 is 1.89 bits per heavy atom. The number of aromatic nitrogens is 3. The Hall–Kier alpha value is -3.96. The second-order valence-corrected chi connectivity index (χ2v) is 8.45. The van der Waals surface area contributed by atoms with E-state index in [1.54, 1.807) is 55.9 Å². The fourth-order valence-electron chi connectivity index (χ4n) is 3.48. The van der Waals surface area contributed by atoms with Gasteiger partial charge in [0.05, 0.1) is 25.5 Å². The van der Waals surface area contributed by atoms with Crippen LogP contribution in [0.3, 0.4) is 0 Å². The summed E-state index contributed by atoms with van der Waals surface area (Å²) in [6.45, 7) is 1.11. The minimum Gasteiger partial charge on any atom is -0.495 e. The highest BCUT2D eigenvalue weighted by molar-refractivity contribution is 7.22. The van der Waals surface area contributed by atoms with Crippen LogP contribution in [0.25, 0.3) is 16.3 Å². The maximum atomic E-state index is 13.3. The number of imidazole rings is 1. The van der Waals surface area contributed by atoms with Crippen LogP contribution >= 0.6 is 23.7 Å². The molecule has 1 amide bonds. The van der Waals surface area contributed by atoms with Gasteiger partial charge in [0.2, 0.25) is 0 Å². The van der Waals surface area contributed by atoms with Crippen LogP contribution in [0.15, 0.2) is 61.2 Å². The molecule has 2 heterocycles. The minimum atomic E-state index is -0.462. The van der Waals surface area contributed by atoms with Crippen molar-refractivity contribution in [2.75, 3.05) is 25.7 Å². The quantitative estimate of drug-likeness (QED) is 0.162. The summed E-state index contributed by atoms with van der Waals surface area (Å²) in [5.74, 6) is 0.985. The summed E-state index contributed by atoms with van der Waals surface area (Å²) in [5.41, 5.74) is 1.29. The van der Waals surface area contributed by atoms with Crippen molar-refractivity contribution in [3.05, 3.63) is 76.9 Å². The standard InChI is InChI=1S/C24H23N5O5S.ClH/c1-33-19-9-10-20(34-2)23-22(19)26-24(35-23)28(14-3-13-27-15-12-25-16-27)21(30)11-6-17-4-7-18(8-5-17)29(31)32;/h4-12,15-16H,3,13-14H2,1-2H3;1H/b11-6+;. The van der Waals surface area contributed by atoms with Crippen molar-refractivity contribution >= 4 is 56.8 Å². The Morgan fingerprint density at radius 1 is 1.17 bits per heavy atom. The molecule has 0 unspecified atom stereocenters. The lowest BCUT2D eigenvalue weighted by molar-refractivity contribution is -0.384. The zero-order valence-corrected chi connectivity index (χ0v) is 21.2. The fourth-order valence-corrected chi connectivity index (χ4v) is 4.59. The van der Waals surface area contributed by atoms with E-state index in [2.05, 4.69) is 4.98 Å². The van der Waals surface area contributed by atoms with E-state index in [1.807, 2.05) is 16.8 Å². The molecule has 0 saturated heterocycles. The number of halogens is 1. The van der Waals surface area contributed by atoms with Gasteiger partial charge in [0.15, 0.2) is 5.13 Å². The fraction of sp³-hybridized carbons (Fsp3) is 0.208. The van der Waals surface area contributed by atoms with Crippen LogP contribution in [-0.2, 0) is 11.3 Å². The van der Waals surface area contributed by atoms with Gasteiger partial charge in [-0.25, -0.2) is 9.97 Å². The number of amides is 1. The van der Waals surface area contributed by atoms with Crippen LogP contribution < -0.4 is 14.4 Å². The Bertz CT molecular complexity index is 1310. The molecule has 188 valence electrons. The van der Waals surface area contributed by atoms with E-state index in [1.165, 1.54) is 29.5 Å². The number of carbonyl (C=O) groups is 1. The molecule has 36 heavy (non-hydrogen) atoms. The number of hydrogen-bond acceptors (Lipinski definition) is 8. The largest absolute Gasteiger partial charge is 0.495 e. The van der Waals surface area contributed by atoms with Crippen molar-refractivity contribution in [1.29, 1.82) is 0 Å². The van der Waals surface area contributed by atoms with Crippen molar-refractivity contribution in [2.45, 2.75) is 13.0 Å². The van der Waals surface area contributed by atoms with E-state index >= 15 is 0 Å². The smallest absolute Gasteiger partial charge is 0.269 e. The van der Waals surface area contributed by atoms with Crippen LogP contribution in [0.1, 0.15) is 12.0 Å². The zero-order chi connectivity index (χ0) is 24.8. The molecule has 0 aliphatic rings. The maximum Gasteiger partial charge on any atom is 0.269 e. The summed E-state index contributed by atoms with van der Waals surface area (Å²) < 4.78 is 13.7. The molecule has 4 aromatic rings. The number of rotatable bonds is 10. The summed E-state index contributed by atoms with van der Waals surface area (Å²) >= 11 is 1.35. The first-order valence-electron chi connectivity index (χ1n) is 10.7. The van der Waals surface area contributed by atoms with E-state index in [-0.39, 0.29) is 24.0 Å². The maximum absolute atomic E-state index is 13.3. The molecule has 0 radical (unpaired) electrons. The molecule has 0 atom stereocenters. The number of non-ortho nitro benzene ring substituents is 1.